The van der Waals surface area contributed by atoms with E-state index in [1.54, 1.807) is 18.4 Å². The lowest BCUT2D eigenvalue weighted by Gasteiger charge is -2.33. The number of urea groups is 1. The second kappa shape index (κ2) is 8.90. The fourth-order valence-electron chi connectivity index (χ4n) is 4.13. The zero-order chi connectivity index (χ0) is 19.3. The summed E-state index contributed by atoms with van der Waals surface area (Å²) in [4.78, 5) is 14.7. The third-order valence-electron chi connectivity index (χ3n) is 5.77. The van der Waals surface area contributed by atoms with Gasteiger partial charge in [0.25, 0.3) is 0 Å². The Balaban J connectivity index is 1.38. The van der Waals surface area contributed by atoms with Gasteiger partial charge in [0, 0.05) is 30.6 Å². The summed E-state index contributed by atoms with van der Waals surface area (Å²) >= 11 is 1.63. The molecule has 1 aliphatic carbocycles. The number of methoxy groups -OCH3 is 1. The molecule has 6 nitrogen and oxygen atoms in total. The zero-order valence-corrected chi connectivity index (χ0v) is 17.2. The zero-order valence-electron chi connectivity index (χ0n) is 16.4. The second-order valence-corrected chi connectivity index (χ2v) is 8.75. The molecule has 2 heterocycles. The van der Waals surface area contributed by atoms with Crippen LogP contribution in [0.25, 0.3) is 10.6 Å². The Kier molecular flexibility index (Phi) is 6.10. The fourth-order valence-corrected chi connectivity index (χ4v) is 5.10. The standard InChI is InChI=1S/C21H28N4O2S/c1-27-18-11-9-15(10-12-18)19-23-24-20(28-19)16-6-5-13-25(14-16)21(26)22-17-7-3-2-4-8-17/h9-12,16-17H,2-8,13-14H2,1H3,(H,22,26). The molecule has 2 aromatic rings. The van der Waals surface area contributed by atoms with E-state index >= 15 is 0 Å². The van der Waals surface area contributed by atoms with Crippen LogP contribution >= 0.6 is 11.3 Å². The summed E-state index contributed by atoms with van der Waals surface area (Å²) in [5.74, 6) is 1.11. The predicted octanol–water partition coefficient (Wildman–Crippen LogP) is 4.44. The summed E-state index contributed by atoms with van der Waals surface area (Å²) in [6, 6.07) is 8.34. The molecule has 1 aromatic carbocycles. The highest BCUT2D eigenvalue weighted by molar-refractivity contribution is 7.14. The molecular formula is C21H28N4O2S. The first kappa shape index (κ1) is 19.2. The molecule has 1 atom stereocenters. The van der Waals surface area contributed by atoms with Gasteiger partial charge in [0.15, 0.2) is 0 Å². The molecular weight excluding hydrogens is 372 g/mol. The van der Waals surface area contributed by atoms with Crippen LogP contribution in [0.15, 0.2) is 24.3 Å². The summed E-state index contributed by atoms with van der Waals surface area (Å²) in [6.07, 6.45) is 8.06. The molecule has 1 N–H and O–H groups in total. The number of aromatic nitrogens is 2. The largest absolute Gasteiger partial charge is 0.497 e. The lowest BCUT2D eigenvalue weighted by atomic mass is 9.95. The number of nitrogens with one attached hydrogen (secondary N) is 1. The van der Waals surface area contributed by atoms with Crippen LogP contribution < -0.4 is 10.1 Å². The van der Waals surface area contributed by atoms with Crippen LogP contribution in [0.5, 0.6) is 5.75 Å². The lowest BCUT2D eigenvalue weighted by Crippen LogP contribution is -2.48. The number of rotatable bonds is 4. The Hall–Kier alpha value is -2.15. The maximum absolute atomic E-state index is 12.7. The smallest absolute Gasteiger partial charge is 0.317 e. The number of likely N-dealkylation sites (tertiary alicyclic amines) is 1. The minimum absolute atomic E-state index is 0.0940. The van der Waals surface area contributed by atoms with Gasteiger partial charge in [-0.05, 0) is 49.9 Å². The lowest BCUT2D eigenvalue weighted by molar-refractivity contribution is 0.172. The number of carbonyl (C=O) groups is 1. The highest BCUT2D eigenvalue weighted by atomic mass is 32.1. The Morgan fingerprint density at radius 1 is 1.11 bits per heavy atom. The normalized spacial score (nSPS) is 20.8. The SMILES string of the molecule is COc1ccc(-c2nnc(C3CCCN(C(=O)NC4CCCCC4)C3)s2)cc1. The summed E-state index contributed by atoms with van der Waals surface area (Å²) in [7, 11) is 1.66. The Morgan fingerprint density at radius 3 is 2.64 bits per heavy atom. The molecule has 2 aliphatic rings. The van der Waals surface area contributed by atoms with Gasteiger partial charge < -0.3 is 15.0 Å². The van der Waals surface area contributed by atoms with Crippen LogP contribution in [0.3, 0.4) is 0 Å². The first-order valence-corrected chi connectivity index (χ1v) is 11.1. The molecule has 0 bridgehead atoms. The highest BCUT2D eigenvalue weighted by Crippen LogP contribution is 2.33. The molecule has 2 fully saturated rings. The molecule has 1 saturated carbocycles. The number of ether oxygens (including phenoxy) is 1. The van der Waals surface area contributed by atoms with E-state index in [1.165, 1.54) is 19.3 Å². The van der Waals surface area contributed by atoms with Gasteiger partial charge in [-0.2, -0.15) is 0 Å². The minimum atomic E-state index is 0.0940. The van der Waals surface area contributed by atoms with E-state index < -0.39 is 0 Å². The van der Waals surface area contributed by atoms with Crippen molar-refractivity contribution in [3.05, 3.63) is 29.3 Å². The van der Waals surface area contributed by atoms with Crippen molar-refractivity contribution in [3.8, 4) is 16.3 Å². The number of carbonyl (C=O) groups excluding carboxylic acids is 1. The van der Waals surface area contributed by atoms with Crippen LogP contribution in [0.2, 0.25) is 0 Å². The van der Waals surface area contributed by atoms with Crippen molar-refractivity contribution in [2.45, 2.75) is 56.9 Å². The van der Waals surface area contributed by atoms with E-state index in [0.29, 0.717) is 6.04 Å². The van der Waals surface area contributed by atoms with E-state index in [0.717, 1.165) is 60.1 Å². The first-order chi connectivity index (χ1) is 13.7. The third kappa shape index (κ3) is 4.46. The molecule has 1 aromatic heterocycles. The van der Waals surface area contributed by atoms with Crippen molar-refractivity contribution in [2.24, 2.45) is 0 Å². The Morgan fingerprint density at radius 2 is 1.89 bits per heavy atom. The quantitative estimate of drug-likeness (QED) is 0.824. The fraction of sp³-hybridized carbons (Fsp3) is 0.571. The molecule has 4 rings (SSSR count). The van der Waals surface area contributed by atoms with E-state index in [-0.39, 0.29) is 11.9 Å². The minimum Gasteiger partial charge on any atom is -0.497 e. The van der Waals surface area contributed by atoms with Crippen LogP contribution in [-0.4, -0.2) is 47.4 Å². The molecule has 28 heavy (non-hydrogen) atoms. The van der Waals surface area contributed by atoms with E-state index in [2.05, 4.69) is 15.5 Å². The van der Waals surface area contributed by atoms with Crippen LogP contribution in [-0.2, 0) is 0 Å². The topological polar surface area (TPSA) is 67.4 Å². The van der Waals surface area contributed by atoms with Gasteiger partial charge in [0.1, 0.15) is 15.8 Å². The molecule has 1 unspecified atom stereocenters. The van der Waals surface area contributed by atoms with Crippen molar-refractivity contribution in [3.63, 3.8) is 0 Å². The van der Waals surface area contributed by atoms with Crippen molar-refractivity contribution >= 4 is 17.4 Å². The van der Waals surface area contributed by atoms with E-state index in [9.17, 15) is 4.79 Å². The Labute approximate surface area is 170 Å². The van der Waals surface area contributed by atoms with Gasteiger partial charge in [0.2, 0.25) is 0 Å². The highest BCUT2D eigenvalue weighted by Gasteiger charge is 2.28. The van der Waals surface area contributed by atoms with Crippen LogP contribution in [0.1, 0.15) is 55.9 Å². The van der Waals surface area contributed by atoms with Gasteiger partial charge in [-0.3, -0.25) is 0 Å². The molecule has 1 aliphatic heterocycles. The van der Waals surface area contributed by atoms with E-state index in [4.69, 9.17) is 4.74 Å². The van der Waals surface area contributed by atoms with Gasteiger partial charge >= 0.3 is 6.03 Å². The summed E-state index contributed by atoms with van der Waals surface area (Å²) in [6.45, 7) is 1.56. The van der Waals surface area contributed by atoms with Crippen molar-refractivity contribution < 1.29 is 9.53 Å². The molecule has 2 amide bonds. The van der Waals surface area contributed by atoms with Gasteiger partial charge in [0.05, 0.1) is 7.11 Å². The summed E-state index contributed by atoms with van der Waals surface area (Å²) in [5.41, 5.74) is 1.05. The summed E-state index contributed by atoms with van der Waals surface area (Å²) < 4.78 is 5.22. The van der Waals surface area contributed by atoms with Crippen molar-refractivity contribution in [2.75, 3.05) is 20.2 Å². The molecule has 1 saturated heterocycles. The van der Waals surface area contributed by atoms with Crippen LogP contribution in [0, 0.1) is 0 Å². The molecule has 150 valence electrons. The number of piperidine rings is 1. The van der Waals surface area contributed by atoms with Gasteiger partial charge in [-0.15, -0.1) is 10.2 Å². The second-order valence-electron chi connectivity index (χ2n) is 7.74. The van der Waals surface area contributed by atoms with Crippen molar-refractivity contribution in [1.29, 1.82) is 0 Å². The maximum atomic E-state index is 12.7. The maximum Gasteiger partial charge on any atom is 0.317 e. The number of nitrogens with zero attached hydrogens (tertiary/aromatic N) is 3. The van der Waals surface area contributed by atoms with E-state index in [1.807, 2.05) is 29.2 Å². The predicted molar refractivity (Wildman–Crippen MR) is 111 cm³/mol. The monoisotopic (exact) mass is 400 g/mol. The summed E-state index contributed by atoms with van der Waals surface area (Å²) in [5, 5.41) is 14.0. The molecule has 7 heteroatoms. The number of benzene rings is 1. The molecule has 0 spiro atoms. The number of hydrogen-bond donors (Lipinski definition) is 1. The first-order valence-electron chi connectivity index (χ1n) is 10.3. The third-order valence-corrected chi connectivity index (χ3v) is 6.90. The average Bonchev–Trinajstić information content (AvgIpc) is 3.25. The number of amides is 2. The average molecular weight is 401 g/mol. The van der Waals surface area contributed by atoms with Crippen LogP contribution in [0.4, 0.5) is 4.79 Å². The van der Waals surface area contributed by atoms with Gasteiger partial charge in [-0.25, -0.2) is 4.79 Å². The van der Waals surface area contributed by atoms with Crippen molar-refractivity contribution in [1.82, 2.24) is 20.4 Å². The van der Waals surface area contributed by atoms with Gasteiger partial charge in [-0.1, -0.05) is 30.6 Å². The number of hydrogen-bond acceptors (Lipinski definition) is 5. The Bertz CT molecular complexity index is 786. The molecule has 0 radical (unpaired) electrons.